The molecule has 0 bridgehead atoms. The summed E-state index contributed by atoms with van der Waals surface area (Å²) in [5.41, 5.74) is 7.61. The molecule has 0 fully saturated rings. The zero-order valence-electron chi connectivity index (χ0n) is 14.9. The Morgan fingerprint density at radius 2 is 1.68 bits per heavy atom. The third kappa shape index (κ3) is 4.37. The Morgan fingerprint density at radius 3 is 2.32 bits per heavy atom. The molecule has 0 radical (unpaired) electrons. The van der Waals surface area contributed by atoms with Crippen LogP contribution in [0.5, 0.6) is 0 Å². The minimum Gasteiger partial charge on any atom is -0.253 e. The lowest BCUT2D eigenvalue weighted by atomic mass is 10.1. The molecule has 0 amide bonds. The van der Waals surface area contributed by atoms with Crippen LogP contribution in [-0.4, -0.2) is 28.2 Å². The first kappa shape index (κ1) is 17.0. The summed E-state index contributed by atoms with van der Waals surface area (Å²) in [4.78, 5) is 8.97. The standard InChI is InChI=1S/C20H20N4Si/c1-15-8-10-16(11-9-15)19-17(12-14-25(2,3)4)22-20(24-23-19)18-7-5-6-13-21-18/h5-11,13H,1-4H3. The SMILES string of the molecule is Cc1ccc(-c2nnc(-c3ccccn3)nc2C#C[Si](C)(C)C)cc1. The summed E-state index contributed by atoms with van der Waals surface area (Å²) in [5.74, 6) is 3.74. The molecule has 1 aromatic carbocycles. The molecule has 3 rings (SSSR count). The number of benzene rings is 1. The van der Waals surface area contributed by atoms with Crippen LogP contribution in [0.15, 0.2) is 48.7 Å². The quantitative estimate of drug-likeness (QED) is 0.518. The van der Waals surface area contributed by atoms with E-state index in [1.807, 2.05) is 30.3 Å². The molecule has 25 heavy (non-hydrogen) atoms. The second kappa shape index (κ2) is 6.95. The first-order valence-electron chi connectivity index (χ1n) is 8.19. The van der Waals surface area contributed by atoms with Crippen molar-refractivity contribution < 1.29 is 0 Å². The predicted molar refractivity (Wildman–Crippen MR) is 103 cm³/mol. The average molecular weight is 344 g/mol. The number of rotatable bonds is 2. The van der Waals surface area contributed by atoms with Gasteiger partial charge in [0.1, 0.15) is 25.2 Å². The normalized spacial score (nSPS) is 10.9. The fourth-order valence-electron chi connectivity index (χ4n) is 2.17. The van der Waals surface area contributed by atoms with Crippen molar-refractivity contribution in [2.24, 2.45) is 0 Å². The summed E-state index contributed by atoms with van der Waals surface area (Å²) in [5, 5.41) is 8.69. The maximum atomic E-state index is 4.66. The Balaban J connectivity index is 2.14. The Labute approximate surface area is 149 Å². The van der Waals surface area contributed by atoms with Gasteiger partial charge in [-0.2, -0.15) is 0 Å². The van der Waals surface area contributed by atoms with Crippen LogP contribution in [0.4, 0.5) is 0 Å². The lowest BCUT2D eigenvalue weighted by molar-refractivity contribution is 0.968. The molecule has 0 unspecified atom stereocenters. The van der Waals surface area contributed by atoms with Crippen molar-refractivity contribution in [3.63, 3.8) is 0 Å². The second-order valence-corrected chi connectivity index (χ2v) is 11.7. The minimum absolute atomic E-state index is 0.497. The third-order valence-electron chi connectivity index (χ3n) is 3.46. The van der Waals surface area contributed by atoms with Crippen LogP contribution in [0.2, 0.25) is 19.6 Å². The van der Waals surface area contributed by atoms with Crippen molar-refractivity contribution >= 4 is 8.07 Å². The maximum absolute atomic E-state index is 4.66. The monoisotopic (exact) mass is 344 g/mol. The third-order valence-corrected chi connectivity index (χ3v) is 4.34. The molecule has 5 heteroatoms. The van der Waals surface area contributed by atoms with Crippen LogP contribution in [0.3, 0.4) is 0 Å². The molecule has 0 aliphatic heterocycles. The van der Waals surface area contributed by atoms with Crippen LogP contribution in [0.25, 0.3) is 22.8 Å². The second-order valence-electron chi connectivity index (χ2n) is 6.91. The summed E-state index contributed by atoms with van der Waals surface area (Å²) in [7, 11) is -1.53. The van der Waals surface area contributed by atoms with Gasteiger partial charge in [-0.3, -0.25) is 4.98 Å². The van der Waals surface area contributed by atoms with Crippen molar-refractivity contribution in [2.45, 2.75) is 26.6 Å². The minimum atomic E-state index is -1.53. The van der Waals surface area contributed by atoms with E-state index in [2.05, 4.69) is 70.3 Å². The average Bonchev–Trinajstić information content (AvgIpc) is 2.61. The summed E-state index contributed by atoms with van der Waals surface area (Å²) >= 11 is 0. The fourth-order valence-corrected chi connectivity index (χ4v) is 2.66. The summed E-state index contributed by atoms with van der Waals surface area (Å²) in [6.07, 6.45) is 1.72. The van der Waals surface area contributed by atoms with Gasteiger partial charge in [0.05, 0.1) is 0 Å². The van der Waals surface area contributed by atoms with Gasteiger partial charge < -0.3 is 0 Å². The Hall–Kier alpha value is -2.84. The van der Waals surface area contributed by atoms with E-state index >= 15 is 0 Å². The molecule has 0 saturated carbocycles. The Morgan fingerprint density at radius 1 is 0.920 bits per heavy atom. The van der Waals surface area contributed by atoms with Gasteiger partial charge in [0, 0.05) is 11.8 Å². The Kier molecular flexibility index (Phi) is 4.73. The van der Waals surface area contributed by atoms with E-state index < -0.39 is 8.07 Å². The Bertz CT molecular complexity index is 933. The molecular formula is C20H20N4Si. The molecule has 0 saturated heterocycles. The van der Waals surface area contributed by atoms with Crippen LogP contribution >= 0.6 is 0 Å². The van der Waals surface area contributed by atoms with Gasteiger partial charge in [0.2, 0.25) is 5.82 Å². The van der Waals surface area contributed by atoms with Gasteiger partial charge in [-0.25, -0.2) is 4.98 Å². The molecule has 124 valence electrons. The number of hydrogen-bond donors (Lipinski definition) is 0. The summed E-state index contributed by atoms with van der Waals surface area (Å²) in [6, 6.07) is 13.8. The van der Waals surface area contributed by atoms with E-state index in [0.717, 1.165) is 5.56 Å². The molecule has 2 heterocycles. The number of pyridine rings is 1. The summed E-state index contributed by atoms with van der Waals surface area (Å²) < 4.78 is 0. The predicted octanol–water partition coefficient (Wildman–Crippen LogP) is 4.14. The number of nitrogens with zero attached hydrogens (tertiary/aromatic N) is 4. The van der Waals surface area contributed by atoms with E-state index in [1.165, 1.54) is 5.56 Å². The highest BCUT2D eigenvalue weighted by Gasteiger charge is 2.13. The largest absolute Gasteiger partial charge is 0.253 e. The molecule has 3 aromatic rings. The van der Waals surface area contributed by atoms with Gasteiger partial charge in [0.25, 0.3) is 0 Å². The highest BCUT2D eigenvalue weighted by atomic mass is 28.3. The smallest absolute Gasteiger partial charge is 0.201 e. The molecule has 0 atom stereocenters. The van der Waals surface area contributed by atoms with Crippen LogP contribution in [-0.2, 0) is 0 Å². The van der Waals surface area contributed by atoms with E-state index in [-0.39, 0.29) is 0 Å². The zero-order chi connectivity index (χ0) is 17.9. The van der Waals surface area contributed by atoms with E-state index in [4.69, 9.17) is 0 Å². The van der Waals surface area contributed by atoms with Crippen LogP contribution in [0.1, 0.15) is 11.3 Å². The molecule has 2 aromatic heterocycles. The van der Waals surface area contributed by atoms with E-state index in [1.54, 1.807) is 6.20 Å². The lowest BCUT2D eigenvalue weighted by Gasteiger charge is -2.07. The van der Waals surface area contributed by atoms with Crippen molar-refractivity contribution in [1.82, 2.24) is 20.2 Å². The number of aryl methyl sites for hydroxylation is 1. The summed E-state index contributed by atoms with van der Waals surface area (Å²) in [6.45, 7) is 8.68. The topological polar surface area (TPSA) is 51.6 Å². The molecular weight excluding hydrogens is 324 g/mol. The van der Waals surface area contributed by atoms with Crippen LogP contribution < -0.4 is 0 Å². The van der Waals surface area contributed by atoms with Crippen molar-refractivity contribution in [2.75, 3.05) is 0 Å². The van der Waals surface area contributed by atoms with Gasteiger partial charge >= 0.3 is 0 Å². The van der Waals surface area contributed by atoms with Crippen molar-refractivity contribution in [3.8, 4) is 34.2 Å². The van der Waals surface area contributed by atoms with Crippen LogP contribution in [0, 0.1) is 18.4 Å². The molecule has 0 spiro atoms. The highest BCUT2D eigenvalue weighted by Crippen LogP contribution is 2.21. The van der Waals surface area contributed by atoms with Gasteiger partial charge in [-0.1, -0.05) is 61.5 Å². The first-order valence-corrected chi connectivity index (χ1v) is 11.7. The first-order chi connectivity index (χ1) is 11.9. The van der Waals surface area contributed by atoms with Gasteiger partial charge in [-0.15, -0.1) is 15.7 Å². The molecule has 4 nitrogen and oxygen atoms in total. The lowest BCUT2D eigenvalue weighted by Crippen LogP contribution is -2.16. The zero-order valence-corrected chi connectivity index (χ0v) is 15.9. The molecule has 0 aliphatic carbocycles. The van der Waals surface area contributed by atoms with E-state index in [0.29, 0.717) is 22.9 Å². The molecule has 0 N–H and O–H groups in total. The molecule has 0 aliphatic rings. The number of aromatic nitrogens is 4. The van der Waals surface area contributed by atoms with E-state index in [9.17, 15) is 0 Å². The van der Waals surface area contributed by atoms with Gasteiger partial charge in [0.15, 0.2) is 0 Å². The van der Waals surface area contributed by atoms with Crippen molar-refractivity contribution in [1.29, 1.82) is 0 Å². The fraction of sp³-hybridized carbons (Fsp3) is 0.200. The number of hydrogen-bond acceptors (Lipinski definition) is 4. The highest BCUT2D eigenvalue weighted by molar-refractivity contribution is 6.83. The van der Waals surface area contributed by atoms with Gasteiger partial charge in [-0.05, 0) is 19.1 Å². The van der Waals surface area contributed by atoms with Crippen molar-refractivity contribution in [3.05, 3.63) is 59.9 Å². The maximum Gasteiger partial charge on any atom is 0.201 e.